The van der Waals surface area contributed by atoms with Crippen LogP contribution in [0.5, 0.6) is 11.5 Å². The average Bonchev–Trinajstić information content (AvgIpc) is 2.84. The number of halogens is 3. The maximum atomic E-state index is 12.7. The zero-order valence-corrected chi connectivity index (χ0v) is 21.7. The SMILES string of the molecule is COc1cc(/C=C(\C#N)C(=O)Nc2c(Cl)cc([N+](=O)[O-])cc2Cl)cc(I)c1OCc1ccccc1. The maximum absolute atomic E-state index is 12.7. The van der Waals surface area contributed by atoms with Gasteiger partial charge >= 0.3 is 0 Å². The highest BCUT2D eigenvalue weighted by Gasteiger charge is 2.19. The Kier molecular flexibility index (Phi) is 8.92. The summed E-state index contributed by atoms with van der Waals surface area (Å²) in [4.78, 5) is 23.0. The third-order valence-electron chi connectivity index (χ3n) is 4.63. The Morgan fingerprint density at radius 3 is 2.43 bits per heavy atom. The molecule has 3 rings (SSSR count). The number of hydrogen-bond donors (Lipinski definition) is 1. The number of benzene rings is 3. The molecule has 0 aromatic heterocycles. The van der Waals surface area contributed by atoms with Gasteiger partial charge in [0, 0.05) is 12.1 Å². The first-order valence-electron chi connectivity index (χ1n) is 9.84. The molecule has 0 fully saturated rings. The highest BCUT2D eigenvalue weighted by Crippen LogP contribution is 2.36. The highest BCUT2D eigenvalue weighted by molar-refractivity contribution is 14.1. The molecule has 0 heterocycles. The minimum absolute atomic E-state index is 0.0399. The fourth-order valence-electron chi connectivity index (χ4n) is 2.97. The van der Waals surface area contributed by atoms with E-state index in [0.29, 0.717) is 27.2 Å². The zero-order valence-electron chi connectivity index (χ0n) is 18.1. The molecule has 35 heavy (non-hydrogen) atoms. The molecular formula is C24H16Cl2IN3O5. The summed E-state index contributed by atoms with van der Waals surface area (Å²) in [5.41, 5.74) is 0.894. The van der Waals surface area contributed by atoms with Crippen molar-refractivity contribution in [3.05, 3.63) is 95.0 Å². The first-order valence-corrected chi connectivity index (χ1v) is 11.7. The van der Waals surface area contributed by atoms with E-state index in [9.17, 15) is 20.2 Å². The zero-order chi connectivity index (χ0) is 25.5. The van der Waals surface area contributed by atoms with Crippen molar-refractivity contribution in [3.63, 3.8) is 0 Å². The number of hydrogen-bond acceptors (Lipinski definition) is 6. The number of carbonyl (C=O) groups excluding carboxylic acids is 1. The van der Waals surface area contributed by atoms with Gasteiger partial charge in [0.2, 0.25) is 0 Å². The van der Waals surface area contributed by atoms with Crippen molar-refractivity contribution in [3.8, 4) is 17.6 Å². The molecule has 1 amide bonds. The minimum Gasteiger partial charge on any atom is -0.493 e. The number of nitro benzene ring substituents is 1. The van der Waals surface area contributed by atoms with Crippen LogP contribution in [-0.2, 0) is 11.4 Å². The minimum atomic E-state index is -0.788. The van der Waals surface area contributed by atoms with E-state index in [-0.39, 0.29) is 27.0 Å². The Morgan fingerprint density at radius 1 is 1.20 bits per heavy atom. The van der Waals surface area contributed by atoms with E-state index in [2.05, 4.69) is 27.9 Å². The molecule has 0 saturated carbocycles. The van der Waals surface area contributed by atoms with Crippen molar-refractivity contribution >= 4 is 69.2 Å². The number of nitriles is 1. The smallest absolute Gasteiger partial charge is 0.272 e. The summed E-state index contributed by atoms with van der Waals surface area (Å²) >= 11 is 14.2. The van der Waals surface area contributed by atoms with Crippen LogP contribution < -0.4 is 14.8 Å². The van der Waals surface area contributed by atoms with Crippen LogP contribution in [0.25, 0.3) is 6.08 Å². The lowest BCUT2D eigenvalue weighted by Crippen LogP contribution is -2.14. The predicted octanol–water partition coefficient (Wildman–Crippen LogP) is 6.64. The van der Waals surface area contributed by atoms with Crippen LogP contribution in [0.15, 0.2) is 60.2 Å². The van der Waals surface area contributed by atoms with Crippen molar-refractivity contribution in [1.29, 1.82) is 5.26 Å². The first kappa shape index (κ1) is 26.3. The Bertz CT molecular complexity index is 1330. The second-order valence-corrected chi connectivity index (χ2v) is 8.95. The van der Waals surface area contributed by atoms with Crippen LogP contribution in [0.1, 0.15) is 11.1 Å². The van der Waals surface area contributed by atoms with Gasteiger partial charge in [0.1, 0.15) is 18.2 Å². The molecule has 11 heteroatoms. The van der Waals surface area contributed by atoms with E-state index in [0.717, 1.165) is 17.7 Å². The normalized spacial score (nSPS) is 10.9. The van der Waals surface area contributed by atoms with E-state index < -0.39 is 10.8 Å². The summed E-state index contributed by atoms with van der Waals surface area (Å²) in [6, 6.07) is 17.0. The molecule has 3 aromatic carbocycles. The number of methoxy groups -OCH3 is 1. The lowest BCUT2D eigenvalue weighted by atomic mass is 10.1. The summed E-state index contributed by atoms with van der Waals surface area (Å²) in [6.45, 7) is 0.338. The molecule has 0 aliphatic heterocycles. The molecule has 0 aliphatic rings. The van der Waals surface area contributed by atoms with Crippen molar-refractivity contribution in [2.75, 3.05) is 12.4 Å². The first-order chi connectivity index (χ1) is 16.7. The fourth-order valence-corrected chi connectivity index (χ4v) is 4.32. The third-order valence-corrected chi connectivity index (χ3v) is 6.03. The summed E-state index contributed by atoms with van der Waals surface area (Å²) < 4.78 is 12.1. The number of ether oxygens (including phenoxy) is 2. The average molecular weight is 624 g/mol. The van der Waals surface area contributed by atoms with Gasteiger partial charge in [0.25, 0.3) is 11.6 Å². The molecule has 1 N–H and O–H groups in total. The second-order valence-electron chi connectivity index (χ2n) is 6.97. The molecule has 0 unspecified atom stereocenters. The Hall–Kier alpha value is -3.33. The molecular weight excluding hydrogens is 608 g/mol. The molecule has 0 bridgehead atoms. The van der Waals surface area contributed by atoms with Crippen LogP contribution in [0.4, 0.5) is 11.4 Å². The van der Waals surface area contributed by atoms with Crippen LogP contribution in [-0.4, -0.2) is 17.9 Å². The van der Waals surface area contributed by atoms with Crippen LogP contribution in [0, 0.1) is 25.0 Å². The Morgan fingerprint density at radius 2 is 1.86 bits per heavy atom. The van der Waals surface area contributed by atoms with Crippen LogP contribution in [0.3, 0.4) is 0 Å². The summed E-state index contributed by atoms with van der Waals surface area (Å²) in [5.74, 6) is 0.170. The number of non-ortho nitro benzene ring substituents is 1. The van der Waals surface area contributed by atoms with Crippen molar-refractivity contribution < 1.29 is 19.2 Å². The highest BCUT2D eigenvalue weighted by atomic mass is 127. The largest absolute Gasteiger partial charge is 0.493 e. The van der Waals surface area contributed by atoms with Gasteiger partial charge in [-0.3, -0.25) is 14.9 Å². The molecule has 8 nitrogen and oxygen atoms in total. The van der Waals surface area contributed by atoms with Gasteiger partial charge in [-0.05, 0) is 51.9 Å². The van der Waals surface area contributed by atoms with Gasteiger partial charge in [-0.2, -0.15) is 5.26 Å². The summed E-state index contributed by atoms with van der Waals surface area (Å²) in [6.07, 6.45) is 1.37. The lowest BCUT2D eigenvalue weighted by Gasteiger charge is -2.14. The quantitative estimate of drug-likeness (QED) is 0.0989. The number of carbonyl (C=O) groups is 1. The van der Waals surface area contributed by atoms with E-state index in [1.807, 2.05) is 36.4 Å². The lowest BCUT2D eigenvalue weighted by molar-refractivity contribution is -0.384. The van der Waals surface area contributed by atoms with Gasteiger partial charge < -0.3 is 14.8 Å². The molecule has 3 aromatic rings. The van der Waals surface area contributed by atoms with Crippen LogP contribution >= 0.6 is 45.8 Å². The van der Waals surface area contributed by atoms with E-state index >= 15 is 0 Å². The van der Waals surface area contributed by atoms with Gasteiger partial charge in [0.05, 0.1) is 31.3 Å². The van der Waals surface area contributed by atoms with E-state index in [4.69, 9.17) is 32.7 Å². The molecule has 0 saturated heterocycles. The molecule has 178 valence electrons. The summed E-state index contributed by atoms with van der Waals surface area (Å²) in [5, 5.41) is 22.7. The number of nitrogens with one attached hydrogen (secondary N) is 1. The molecule has 0 atom stereocenters. The third kappa shape index (κ3) is 6.63. The van der Waals surface area contributed by atoms with E-state index in [1.54, 1.807) is 12.1 Å². The number of rotatable bonds is 8. The van der Waals surface area contributed by atoms with Gasteiger partial charge in [0.15, 0.2) is 11.5 Å². The summed E-state index contributed by atoms with van der Waals surface area (Å²) in [7, 11) is 1.49. The number of amides is 1. The molecule has 0 spiro atoms. The monoisotopic (exact) mass is 623 g/mol. The number of anilines is 1. The fraction of sp³-hybridized carbons (Fsp3) is 0.0833. The Labute approximate surface area is 224 Å². The number of nitrogens with zero attached hydrogens (tertiary/aromatic N) is 2. The van der Waals surface area contributed by atoms with Crippen molar-refractivity contribution in [2.45, 2.75) is 6.61 Å². The maximum Gasteiger partial charge on any atom is 0.272 e. The second kappa shape index (κ2) is 11.9. The Balaban J connectivity index is 1.85. The molecule has 0 radical (unpaired) electrons. The number of nitro groups is 1. The predicted molar refractivity (Wildman–Crippen MR) is 142 cm³/mol. The van der Waals surface area contributed by atoms with Crippen molar-refractivity contribution in [1.82, 2.24) is 0 Å². The standard InChI is InChI=1S/C24H16Cl2IN3O5/c1-34-21-9-15(8-20(27)23(21)35-13-14-5-3-2-4-6-14)7-16(12-28)24(31)29-22-18(25)10-17(30(32)33)11-19(22)26/h2-11H,13H2,1H3,(H,29,31)/b16-7+. The van der Waals surface area contributed by atoms with Gasteiger partial charge in [-0.25, -0.2) is 0 Å². The topological polar surface area (TPSA) is 114 Å². The van der Waals surface area contributed by atoms with Gasteiger partial charge in [-0.1, -0.05) is 53.5 Å². The van der Waals surface area contributed by atoms with Gasteiger partial charge in [-0.15, -0.1) is 0 Å². The van der Waals surface area contributed by atoms with Crippen LogP contribution in [0.2, 0.25) is 10.0 Å². The molecule has 0 aliphatic carbocycles. The van der Waals surface area contributed by atoms with E-state index in [1.165, 1.54) is 13.2 Å². The van der Waals surface area contributed by atoms with Crippen molar-refractivity contribution in [2.24, 2.45) is 0 Å².